The predicted octanol–water partition coefficient (Wildman–Crippen LogP) is 2.21. The van der Waals surface area contributed by atoms with Crippen LogP contribution in [0.1, 0.15) is 18.1 Å². The number of carbonyl (C=O) groups is 1. The number of hydrogen-bond acceptors (Lipinski definition) is 3. The number of halogens is 3. The lowest BCUT2D eigenvalue weighted by Gasteiger charge is -2.46. The highest BCUT2D eigenvalue weighted by molar-refractivity contribution is 6.09. The SMILES string of the molecule is CN1C(=O)CNC2N=C(c3cccc(C(F)(F)F)c3)C=CC21C. The molecule has 1 fully saturated rings. The zero-order valence-corrected chi connectivity index (χ0v) is 12.7. The Bertz CT molecular complexity index is 711. The maximum absolute atomic E-state index is 12.8. The van der Waals surface area contributed by atoms with Gasteiger partial charge in [0, 0.05) is 12.6 Å². The van der Waals surface area contributed by atoms with Gasteiger partial charge in [-0.05, 0) is 25.1 Å². The fraction of sp³-hybridized carbons (Fsp3) is 0.375. The predicted molar refractivity (Wildman–Crippen MR) is 80.1 cm³/mol. The van der Waals surface area contributed by atoms with Gasteiger partial charge in [0.1, 0.15) is 6.17 Å². The third-order valence-corrected chi connectivity index (χ3v) is 4.43. The Morgan fingerprint density at radius 1 is 1.39 bits per heavy atom. The first-order valence-corrected chi connectivity index (χ1v) is 7.16. The minimum Gasteiger partial charge on any atom is -0.332 e. The lowest BCUT2D eigenvalue weighted by molar-refractivity contribution is -0.138. The van der Waals surface area contributed by atoms with Crippen LogP contribution in [0.5, 0.6) is 0 Å². The number of amides is 1. The molecule has 2 aliphatic rings. The van der Waals surface area contributed by atoms with Crippen LogP contribution in [0, 0.1) is 0 Å². The summed E-state index contributed by atoms with van der Waals surface area (Å²) in [5.74, 6) is -0.0499. The normalized spacial score (nSPS) is 27.7. The summed E-state index contributed by atoms with van der Waals surface area (Å²) in [5, 5.41) is 3.03. The summed E-state index contributed by atoms with van der Waals surface area (Å²) >= 11 is 0. The van der Waals surface area contributed by atoms with E-state index in [0.29, 0.717) is 11.3 Å². The first-order valence-electron chi connectivity index (χ1n) is 7.16. The van der Waals surface area contributed by atoms with E-state index in [2.05, 4.69) is 10.3 Å². The van der Waals surface area contributed by atoms with E-state index >= 15 is 0 Å². The van der Waals surface area contributed by atoms with E-state index in [-0.39, 0.29) is 18.6 Å². The molecule has 0 saturated carbocycles. The first kappa shape index (κ1) is 15.7. The fourth-order valence-electron chi connectivity index (χ4n) is 2.80. The molecule has 1 amide bonds. The third kappa shape index (κ3) is 2.65. The number of dihydropyridines is 1. The molecule has 0 radical (unpaired) electrons. The van der Waals surface area contributed by atoms with Crippen LogP contribution in [-0.2, 0) is 11.0 Å². The zero-order chi connectivity index (χ0) is 16.8. The van der Waals surface area contributed by atoms with Crippen molar-refractivity contribution in [3.63, 3.8) is 0 Å². The van der Waals surface area contributed by atoms with Gasteiger partial charge in [0.2, 0.25) is 5.91 Å². The van der Waals surface area contributed by atoms with Crippen molar-refractivity contribution in [2.45, 2.75) is 24.8 Å². The number of piperazine rings is 1. The van der Waals surface area contributed by atoms with Gasteiger partial charge in [-0.15, -0.1) is 0 Å². The van der Waals surface area contributed by atoms with E-state index in [1.165, 1.54) is 6.07 Å². The maximum Gasteiger partial charge on any atom is 0.416 e. The molecule has 3 rings (SSSR count). The van der Waals surface area contributed by atoms with Crippen LogP contribution in [0.2, 0.25) is 0 Å². The average Bonchev–Trinajstić information content (AvgIpc) is 2.51. The molecule has 0 bridgehead atoms. The highest BCUT2D eigenvalue weighted by Crippen LogP contribution is 2.32. The molecule has 0 spiro atoms. The van der Waals surface area contributed by atoms with E-state index < -0.39 is 17.3 Å². The van der Waals surface area contributed by atoms with Crippen molar-refractivity contribution in [1.82, 2.24) is 10.2 Å². The Labute approximate surface area is 131 Å². The summed E-state index contributed by atoms with van der Waals surface area (Å²) in [6.07, 6.45) is -1.30. The number of carbonyl (C=O) groups excluding carboxylic acids is 1. The minimum atomic E-state index is -4.39. The Morgan fingerprint density at radius 3 is 2.83 bits per heavy atom. The second-order valence-corrected chi connectivity index (χ2v) is 5.89. The van der Waals surface area contributed by atoms with Crippen molar-refractivity contribution in [2.24, 2.45) is 4.99 Å². The molecule has 7 heteroatoms. The minimum absolute atomic E-state index is 0.0499. The molecular weight excluding hydrogens is 307 g/mol. The third-order valence-electron chi connectivity index (χ3n) is 4.43. The van der Waals surface area contributed by atoms with Crippen LogP contribution < -0.4 is 5.32 Å². The monoisotopic (exact) mass is 323 g/mol. The smallest absolute Gasteiger partial charge is 0.332 e. The molecule has 0 aromatic heterocycles. The molecule has 1 saturated heterocycles. The molecule has 2 unspecified atom stereocenters. The number of nitrogens with zero attached hydrogens (tertiary/aromatic N) is 2. The van der Waals surface area contributed by atoms with Gasteiger partial charge in [0.15, 0.2) is 0 Å². The van der Waals surface area contributed by atoms with Crippen molar-refractivity contribution in [3.05, 3.63) is 47.5 Å². The first-order chi connectivity index (χ1) is 10.7. The number of rotatable bonds is 1. The van der Waals surface area contributed by atoms with E-state index in [0.717, 1.165) is 12.1 Å². The Hall–Kier alpha value is -2.15. The molecule has 1 N–H and O–H groups in total. The van der Waals surface area contributed by atoms with Gasteiger partial charge >= 0.3 is 6.18 Å². The van der Waals surface area contributed by atoms with Crippen LogP contribution in [0.25, 0.3) is 0 Å². The molecule has 122 valence electrons. The lowest BCUT2D eigenvalue weighted by Crippen LogP contribution is -2.66. The van der Waals surface area contributed by atoms with Gasteiger partial charge in [0.05, 0.1) is 23.4 Å². The van der Waals surface area contributed by atoms with Crippen molar-refractivity contribution < 1.29 is 18.0 Å². The van der Waals surface area contributed by atoms with Gasteiger partial charge < -0.3 is 4.90 Å². The second kappa shape index (κ2) is 5.19. The topological polar surface area (TPSA) is 44.7 Å². The summed E-state index contributed by atoms with van der Waals surface area (Å²) in [6.45, 7) is 2.02. The standard InChI is InChI=1S/C16H16F3N3O/c1-15-7-6-12(21-14(15)20-9-13(23)22(15)2)10-4-3-5-11(8-10)16(17,18)19/h3-8,14,20H,9H2,1-2H3. The van der Waals surface area contributed by atoms with Gasteiger partial charge in [-0.25, -0.2) is 0 Å². The maximum atomic E-state index is 12.8. The number of fused-ring (bicyclic) bond motifs is 1. The molecule has 2 atom stereocenters. The summed E-state index contributed by atoms with van der Waals surface area (Å²) in [6, 6.07) is 5.08. The summed E-state index contributed by atoms with van der Waals surface area (Å²) in [5.41, 5.74) is -0.461. The zero-order valence-electron chi connectivity index (χ0n) is 12.7. The van der Waals surface area contributed by atoms with E-state index in [9.17, 15) is 18.0 Å². The summed E-state index contributed by atoms with van der Waals surface area (Å²) < 4.78 is 38.5. The average molecular weight is 323 g/mol. The van der Waals surface area contributed by atoms with Gasteiger partial charge in [-0.3, -0.25) is 15.1 Å². The number of nitrogens with one attached hydrogen (secondary N) is 1. The number of aliphatic imine (C=N–C) groups is 1. The van der Waals surface area contributed by atoms with E-state index in [1.54, 1.807) is 24.1 Å². The van der Waals surface area contributed by atoms with Crippen molar-refractivity contribution in [1.29, 1.82) is 0 Å². The summed E-state index contributed by atoms with van der Waals surface area (Å²) in [4.78, 5) is 17.9. The van der Waals surface area contributed by atoms with Gasteiger partial charge in [0.25, 0.3) is 0 Å². The van der Waals surface area contributed by atoms with Crippen LogP contribution >= 0.6 is 0 Å². The molecule has 1 aromatic rings. The number of hydrogen-bond donors (Lipinski definition) is 1. The molecule has 0 aliphatic carbocycles. The lowest BCUT2D eigenvalue weighted by atomic mass is 9.89. The number of alkyl halides is 3. The van der Waals surface area contributed by atoms with Crippen molar-refractivity contribution in [3.8, 4) is 0 Å². The Kier molecular flexibility index (Phi) is 3.55. The fourth-order valence-corrected chi connectivity index (χ4v) is 2.80. The molecule has 4 nitrogen and oxygen atoms in total. The van der Waals surface area contributed by atoms with Crippen LogP contribution in [-0.4, -0.2) is 41.8 Å². The van der Waals surface area contributed by atoms with Crippen molar-refractivity contribution >= 4 is 11.6 Å². The van der Waals surface area contributed by atoms with Gasteiger partial charge in [-0.2, -0.15) is 13.2 Å². The summed E-state index contributed by atoms with van der Waals surface area (Å²) in [7, 11) is 1.70. The second-order valence-electron chi connectivity index (χ2n) is 5.89. The molecule has 2 aliphatic heterocycles. The highest BCUT2D eigenvalue weighted by atomic mass is 19.4. The van der Waals surface area contributed by atoms with Gasteiger partial charge in [-0.1, -0.05) is 18.2 Å². The number of allylic oxidation sites excluding steroid dienone is 1. The van der Waals surface area contributed by atoms with E-state index in [1.807, 2.05) is 13.0 Å². The van der Waals surface area contributed by atoms with Crippen LogP contribution in [0.4, 0.5) is 13.2 Å². The van der Waals surface area contributed by atoms with E-state index in [4.69, 9.17) is 0 Å². The van der Waals surface area contributed by atoms with Crippen LogP contribution in [0.3, 0.4) is 0 Å². The molecular formula is C16H16F3N3O. The highest BCUT2D eigenvalue weighted by Gasteiger charge is 2.43. The Balaban J connectivity index is 1.95. The molecule has 1 aromatic carbocycles. The quantitative estimate of drug-likeness (QED) is 0.861. The number of likely N-dealkylation sites (N-methyl/N-ethyl adjacent to an activating group) is 1. The largest absolute Gasteiger partial charge is 0.416 e. The van der Waals surface area contributed by atoms with Crippen molar-refractivity contribution in [2.75, 3.05) is 13.6 Å². The molecule has 23 heavy (non-hydrogen) atoms. The molecule has 2 heterocycles. The van der Waals surface area contributed by atoms with Crippen LogP contribution in [0.15, 0.2) is 41.4 Å². The Morgan fingerprint density at radius 2 is 2.13 bits per heavy atom. The number of benzene rings is 1.